The van der Waals surface area contributed by atoms with Gasteiger partial charge in [0.2, 0.25) is 0 Å². The second-order valence-electron chi connectivity index (χ2n) is 12.1. The molecule has 10 heteroatoms. The Balaban J connectivity index is 1.52. The number of fused-ring (bicyclic) bond motifs is 1. The summed E-state index contributed by atoms with van der Waals surface area (Å²) in [5.41, 5.74) is -6.17. The lowest BCUT2D eigenvalue weighted by Gasteiger charge is -2.80. The summed E-state index contributed by atoms with van der Waals surface area (Å²) in [5, 5.41) is 67.2. The van der Waals surface area contributed by atoms with Crippen molar-refractivity contribution >= 4 is 11.9 Å². The molecule has 3 unspecified atom stereocenters. The number of rotatable bonds is 16. The van der Waals surface area contributed by atoms with Gasteiger partial charge in [-0.25, -0.2) is 9.59 Å². The van der Waals surface area contributed by atoms with Crippen LogP contribution in [0.3, 0.4) is 0 Å². The van der Waals surface area contributed by atoms with Gasteiger partial charge in [-0.15, -0.1) is 0 Å². The second-order valence-corrected chi connectivity index (χ2v) is 12.1. The maximum atomic E-state index is 12.5. The van der Waals surface area contributed by atoms with Gasteiger partial charge in [0.15, 0.2) is 0 Å². The molecule has 2 aliphatic carbocycles. The summed E-state index contributed by atoms with van der Waals surface area (Å²) in [5.74, 6) is -3.71. The van der Waals surface area contributed by atoms with Crippen LogP contribution in [0.25, 0.3) is 0 Å². The van der Waals surface area contributed by atoms with Gasteiger partial charge in [0.25, 0.3) is 0 Å². The molecule has 44 heavy (non-hydrogen) atoms. The van der Waals surface area contributed by atoms with E-state index in [0.29, 0.717) is 12.2 Å². The zero-order valence-electron chi connectivity index (χ0n) is 25.5. The van der Waals surface area contributed by atoms with Crippen LogP contribution in [0.4, 0.5) is 0 Å². The van der Waals surface area contributed by atoms with Gasteiger partial charge in [-0.05, 0) is 48.2 Å². The molecule has 0 radical (unpaired) electrons. The van der Waals surface area contributed by atoms with Gasteiger partial charge < -0.3 is 40.1 Å². The quantitative estimate of drug-likeness (QED) is 0.122. The number of ether oxygens (including phenoxy) is 2. The number of aliphatic hydroxyl groups excluding tert-OH is 3. The highest BCUT2D eigenvalue weighted by atomic mass is 16.5. The van der Waals surface area contributed by atoms with Crippen molar-refractivity contribution in [2.45, 2.75) is 106 Å². The van der Waals surface area contributed by atoms with Crippen LogP contribution in [0.1, 0.15) is 109 Å². The molecular formula is C34H46O10. The Morgan fingerprint density at radius 2 is 1.20 bits per heavy atom. The van der Waals surface area contributed by atoms with E-state index >= 15 is 0 Å². The molecule has 7 atom stereocenters. The average molecular weight is 615 g/mol. The monoisotopic (exact) mass is 614 g/mol. The third-order valence-corrected chi connectivity index (χ3v) is 9.45. The number of carbonyl (C=O) groups is 2. The molecule has 0 heterocycles. The molecule has 0 bridgehead atoms. The van der Waals surface area contributed by atoms with E-state index < -0.39 is 59.4 Å². The SMILES string of the molecule is CCCCCCOC(=O)c1ccc(C2C(O)[C@@]3(O)C(c4ccc(C(=O)OCCCCCC)cc4)[C@@](O)([C@H](O)CO)[C@@]23O)cc1. The Kier molecular flexibility index (Phi) is 10.9. The van der Waals surface area contributed by atoms with Crippen LogP contribution in [-0.2, 0) is 9.47 Å². The normalized spacial score (nSPS) is 29.6. The number of hydrogen-bond donors (Lipinski definition) is 6. The summed E-state index contributed by atoms with van der Waals surface area (Å²) >= 11 is 0. The van der Waals surface area contributed by atoms with Crippen LogP contribution >= 0.6 is 0 Å². The standard InChI is InChI=1S/C34H46O10/c1-3-5-7-9-19-43-30(38)24-15-11-22(12-16-24)27-29(37)33(41)28(32(40,26(36)21-35)34(27,33)42)23-13-17-25(18-14-23)31(39)44-20-10-8-6-4-2/h11-18,26-29,35-37,40-42H,3-10,19-21H2,1-2H3/t26-,27?,28?,29?,32+,33+,34+/m1/s1. The van der Waals surface area contributed by atoms with E-state index in [1.807, 2.05) is 0 Å². The first kappa shape index (κ1) is 34.0. The molecule has 0 amide bonds. The van der Waals surface area contributed by atoms with Crippen LogP contribution in [0.15, 0.2) is 48.5 Å². The van der Waals surface area contributed by atoms with Crippen molar-refractivity contribution in [3.05, 3.63) is 70.8 Å². The summed E-state index contributed by atoms with van der Waals surface area (Å²) in [6.07, 6.45) is 4.21. The zero-order chi connectivity index (χ0) is 32.1. The van der Waals surface area contributed by atoms with Crippen LogP contribution in [0, 0.1) is 0 Å². The van der Waals surface area contributed by atoms with Gasteiger partial charge in [-0.3, -0.25) is 0 Å². The maximum Gasteiger partial charge on any atom is 0.338 e. The lowest BCUT2D eigenvalue weighted by molar-refractivity contribution is -0.459. The molecule has 10 nitrogen and oxygen atoms in total. The van der Waals surface area contributed by atoms with Crippen molar-refractivity contribution in [1.29, 1.82) is 0 Å². The Morgan fingerprint density at radius 1 is 0.750 bits per heavy atom. The third kappa shape index (κ3) is 5.57. The lowest BCUT2D eigenvalue weighted by atomic mass is 9.30. The van der Waals surface area contributed by atoms with E-state index in [0.717, 1.165) is 51.4 Å². The van der Waals surface area contributed by atoms with Gasteiger partial charge in [0, 0.05) is 5.92 Å². The molecule has 2 aromatic rings. The molecule has 4 rings (SSSR count). The van der Waals surface area contributed by atoms with Gasteiger partial charge in [0.1, 0.15) is 22.9 Å². The first-order chi connectivity index (χ1) is 21.0. The second kappa shape index (κ2) is 14.1. The largest absolute Gasteiger partial charge is 0.462 e. The smallest absolute Gasteiger partial charge is 0.338 e. The summed E-state index contributed by atoms with van der Waals surface area (Å²) in [4.78, 5) is 24.9. The molecule has 0 aromatic heterocycles. The highest BCUT2D eigenvalue weighted by molar-refractivity contribution is 5.90. The topological polar surface area (TPSA) is 174 Å². The number of benzene rings is 2. The van der Waals surface area contributed by atoms with Crippen LogP contribution in [0.2, 0.25) is 0 Å². The van der Waals surface area contributed by atoms with E-state index in [9.17, 15) is 40.2 Å². The minimum absolute atomic E-state index is 0.237. The van der Waals surface area contributed by atoms with E-state index in [1.165, 1.54) is 48.5 Å². The first-order valence-electron chi connectivity index (χ1n) is 15.7. The molecule has 6 N–H and O–H groups in total. The first-order valence-corrected chi connectivity index (χ1v) is 15.7. The Hall–Kier alpha value is -2.86. The van der Waals surface area contributed by atoms with E-state index in [4.69, 9.17) is 9.47 Å². The predicted molar refractivity (Wildman–Crippen MR) is 161 cm³/mol. The fourth-order valence-corrected chi connectivity index (χ4v) is 7.01. The lowest BCUT2D eigenvalue weighted by Crippen LogP contribution is -2.99. The van der Waals surface area contributed by atoms with E-state index in [2.05, 4.69) is 13.8 Å². The van der Waals surface area contributed by atoms with Crippen molar-refractivity contribution in [2.75, 3.05) is 19.8 Å². The van der Waals surface area contributed by atoms with Crippen LogP contribution in [0.5, 0.6) is 0 Å². The highest BCUT2D eigenvalue weighted by Gasteiger charge is 2.93. The molecule has 2 fully saturated rings. The van der Waals surface area contributed by atoms with E-state index in [1.54, 1.807) is 0 Å². The summed E-state index contributed by atoms with van der Waals surface area (Å²) in [6.45, 7) is 3.83. The molecule has 0 spiro atoms. The zero-order valence-corrected chi connectivity index (χ0v) is 25.5. The van der Waals surface area contributed by atoms with Gasteiger partial charge >= 0.3 is 11.9 Å². The predicted octanol–water partition coefficient (Wildman–Crippen LogP) is 2.96. The molecular weight excluding hydrogens is 568 g/mol. The number of hydrogen-bond acceptors (Lipinski definition) is 10. The maximum absolute atomic E-state index is 12.5. The fraction of sp³-hybridized carbons (Fsp3) is 0.588. The average Bonchev–Trinajstić information content (AvgIpc) is 3.04. The number of aliphatic hydroxyl groups is 6. The van der Waals surface area contributed by atoms with Crippen LogP contribution in [-0.4, -0.2) is 91.4 Å². The van der Waals surface area contributed by atoms with Crippen molar-refractivity contribution in [2.24, 2.45) is 0 Å². The minimum Gasteiger partial charge on any atom is -0.462 e. The summed E-state index contributed by atoms with van der Waals surface area (Å²) in [7, 11) is 0. The van der Waals surface area contributed by atoms with Gasteiger partial charge in [-0.1, -0.05) is 76.6 Å². The number of carbonyl (C=O) groups excluding carboxylic acids is 2. The Labute approximate surface area is 258 Å². The number of esters is 2. The van der Waals surface area contributed by atoms with Crippen molar-refractivity contribution < 1.29 is 49.7 Å². The Morgan fingerprint density at radius 3 is 1.64 bits per heavy atom. The molecule has 0 saturated heterocycles. The number of unbranched alkanes of at least 4 members (excludes halogenated alkanes) is 6. The Bertz CT molecular complexity index is 1260. The highest BCUT2D eigenvalue weighted by Crippen LogP contribution is 2.75. The molecule has 2 saturated carbocycles. The summed E-state index contributed by atoms with van der Waals surface area (Å²) < 4.78 is 10.6. The fourth-order valence-electron chi connectivity index (χ4n) is 7.01. The molecule has 2 aliphatic rings. The van der Waals surface area contributed by atoms with Crippen molar-refractivity contribution in [1.82, 2.24) is 0 Å². The molecule has 242 valence electrons. The third-order valence-electron chi connectivity index (χ3n) is 9.45. The van der Waals surface area contributed by atoms with Crippen LogP contribution < -0.4 is 0 Å². The minimum atomic E-state index is -2.47. The van der Waals surface area contributed by atoms with Gasteiger partial charge in [-0.2, -0.15) is 0 Å². The molecule has 0 aliphatic heterocycles. The van der Waals surface area contributed by atoms with E-state index in [-0.39, 0.29) is 23.3 Å². The van der Waals surface area contributed by atoms with Crippen molar-refractivity contribution in [3.8, 4) is 0 Å². The van der Waals surface area contributed by atoms with Gasteiger partial charge in [0.05, 0.1) is 43.0 Å². The molecule has 2 aromatic carbocycles. The summed E-state index contributed by atoms with van der Waals surface area (Å²) in [6, 6.07) is 11.7. The van der Waals surface area contributed by atoms with Crippen molar-refractivity contribution in [3.63, 3.8) is 0 Å².